The molecule has 0 heterocycles. The van der Waals surface area contributed by atoms with E-state index in [0.29, 0.717) is 23.9 Å². The molecule has 0 bridgehead atoms. The van der Waals surface area contributed by atoms with Gasteiger partial charge in [-0.2, -0.15) is 0 Å². The van der Waals surface area contributed by atoms with Gasteiger partial charge in [-0.25, -0.2) is 4.79 Å². The van der Waals surface area contributed by atoms with Crippen molar-refractivity contribution < 1.29 is 42.9 Å². The van der Waals surface area contributed by atoms with E-state index in [2.05, 4.69) is 111 Å². The predicted molar refractivity (Wildman–Crippen MR) is 359 cm³/mol. The topological polar surface area (TPSA) is 108 Å². The highest BCUT2D eigenvalue weighted by Gasteiger charge is 2.25. The summed E-state index contributed by atoms with van der Waals surface area (Å²) in [7, 11) is 5.98. The number of unbranched alkanes of at least 4 members (excludes halogenated alkanes) is 33. The smallest absolute Gasteiger partial charge is 0.361 e. The van der Waals surface area contributed by atoms with Gasteiger partial charge in [-0.05, 0) is 77.0 Å². The number of allylic oxidation sites excluding steroid dienone is 16. The second kappa shape index (κ2) is 65.2. The summed E-state index contributed by atoms with van der Waals surface area (Å²) in [5.74, 6) is -2.00. The Morgan fingerprint density at radius 1 is 0.369 bits per heavy atom. The Labute approximate surface area is 518 Å². The molecular formula is C75H132NO8+. The van der Waals surface area contributed by atoms with Gasteiger partial charge in [0.1, 0.15) is 13.2 Å². The minimum Gasteiger partial charge on any atom is -0.477 e. The standard InChI is InChI=1S/C75H131NO8/c1-6-8-10-12-14-16-18-20-22-24-26-28-30-32-33-34-35-36-37-38-39-40-41-42-44-46-48-50-52-54-56-58-60-62-64-66-73(78)84-71(70-83-75(74(79)80)81-68-67-76(3,4)5)69-82-72(77)65-63-61-59-57-55-53-51-49-47-45-43-31-29-27-25-23-21-19-17-15-13-11-9-7-2/h8,10,14,16,20,22,26,28,32-33,35-36,38-39,41-42,71,75H,6-7,9,11-13,15,17-19,21,23-25,27,29-31,34,37,40,43-70H2,1-5H3/p+1/b10-8-,16-14-,22-20-,28-26-,33-32-,36-35-,39-38-,42-41-. The molecule has 0 aromatic rings. The lowest BCUT2D eigenvalue weighted by Gasteiger charge is -2.25. The van der Waals surface area contributed by atoms with E-state index in [-0.39, 0.29) is 32.2 Å². The highest BCUT2D eigenvalue weighted by atomic mass is 16.7. The lowest BCUT2D eigenvalue weighted by Crippen LogP contribution is -2.40. The number of quaternary nitrogens is 1. The van der Waals surface area contributed by atoms with Crippen molar-refractivity contribution in [1.82, 2.24) is 0 Å². The normalized spacial score (nSPS) is 13.3. The number of hydrogen-bond donors (Lipinski definition) is 1. The molecule has 0 radical (unpaired) electrons. The fourth-order valence-electron chi connectivity index (χ4n) is 9.80. The number of hydrogen-bond acceptors (Lipinski definition) is 7. The number of likely N-dealkylation sites (N-methyl/N-ethyl adjacent to an activating group) is 1. The quantitative estimate of drug-likeness (QED) is 0.0211. The van der Waals surface area contributed by atoms with Crippen molar-refractivity contribution in [2.45, 2.75) is 315 Å². The first-order chi connectivity index (χ1) is 41.1. The molecule has 9 nitrogen and oxygen atoms in total. The van der Waals surface area contributed by atoms with Crippen LogP contribution in [-0.4, -0.2) is 87.4 Å². The first-order valence-corrected chi connectivity index (χ1v) is 34.9. The van der Waals surface area contributed by atoms with Gasteiger partial charge in [-0.1, -0.05) is 310 Å². The van der Waals surface area contributed by atoms with Gasteiger partial charge in [0.15, 0.2) is 6.10 Å². The molecule has 0 spiro atoms. The van der Waals surface area contributed by atoms with Gasteiger partial charge in [0.2, 0.25) is 0 Å². The van der Waals surface area contributed by atoms with Gasteiger partial charge >= 0.3 is 17.9 Å². The molecule has 0 aromatic heterocycles. The molecule has 84 heavy (non-hydrogen) atoms. The van der Waals surface area contributed by atoms with Gasteiger partial charge in [0, 0.05) is 12.8 Å². The zero-order valence-electron chi connectivity index (χ0n) is 55.3. The van der Waals surface area contributed by atoms with Crippen molar-refractivity contribution in [3.63, 3.8) is 0 Å². The second-order valence-corrected chi connectivity index (χ2v) is 24.5. The summed E-state index contributed by atoms with van der Waals surface area (Å²) in [5, 5.41) is 9.74. The minimum absolute atomic E-state index is 0.184. The molecule has 2 atom stereocenters. The average molecular weight is 1180 g/mol. The average Bonchev–Trinajstić information content (AvgIpc) is 3.55. The van der Waals surface area contributed by atoms with E-state index in [1.54, 1.807) is 0 Å². The number of aliphatic carboxylic acids is 1. The Kier molecular flexibility index (Phi) is 62.2. The van der Waals surface area contributed by atoms with E-state index >= 15 is 0 Å². The van der Waals surface area contributed by atoms with Crippen molar-refractivity contribution in [2.24, 2.45) is 0 Å². The lowest BCUT2D eigenvalue weighted by molar-refractivity contribution is -0.870. The molecule has 0 amide bonds. The molecule has 0 aliphatic rings. The maximum atomic E-state index is 12.9. The number of esters is 2. The van der Waals surface area contributed by atoms with Gasteiger partial charge in [0.25, 0.3) is 6.29 Å². The molecule has 0 aliphatic heterocycles. The van der Waals surface area contributed by atoms with Crippen LogP contribution in [0.25, 0.3) is 0 Å². The molecule has 484 valence electrons. The van der Waals surface area contributed by atoms with Gasteiger partial charge in [-0.3, -0.25) is 9.59 Å². The van der Waals surface area contributed by atoms with Crippen molar-refractivity contribution in [2.75, 3.05) is 47.5 Å². The van der Waals surface area contributed by atoms with E-state index in [1.165, 1.54) is 173 Å². The summed E-state index contributed by atoms with van der Waals surface area (Å²) in [6.07, 6.45) is 86.6. The van der Waals surface area contributed by atoms with Gasteiger partial charge in [0.05, 0.1) is 34.4 Å². The molecule has 0 saturated heterocycles. The van der Waals surface area contributed by atoms with E-state index in [0.717, 1.165) is 96.3 Å². The zero-order valence-corrected chi connectivity index (χ0v) is 55.3. The highest BCUT2D eigenvalue weighted by molar-refractivity contribution is 5.71. The molecule has 0 aromatic carbocycles. The monoisotopic (exact) mass is 1170 g/mol. The van der Waals surface area contributed by atoms with E-state index in [1.807, 2.05) is 21.1 Å². The molecule has 0 rings (SSSR count). The first kappa shape index (κ1) is 80.2. The third-order valence-electron chi connectivity index (χ3n) is 15.1. The number of carbonyl (C=O) groups is 3. The van der Waals surface area contributed by atoms with Gasteiger partial charge in [-0.15, -0.1) is 0 Å². The zero-order chi connectivity index (χ0) is 61.2. The van der Waals surface area contributed by atoms with Crippen molar-refractivity contribution in [1.29, 1.82) is 0 Å². The molecule has 9 heteroatoms. The number of carboxylic acid groups (broad SMARTS) is 1. The van der Waals surface area contributed by atoms with Crippen LogP contribution in [0.3, 0.4) is 0 Å². The van der Waals surface area contributed by atoms with Crippen LogP contribution in [0.4, 0.5) is 0 Å². The van der Waals surface area contributed by atoms with Crippen molar-refractivity contribution >= 4 is 17.9 Å². The number of ether oxygens (including phenoxy) is 4. The van der Waals surface area contributed by atoms with Crippen LogP contribution >= 0.6 is 0 Å². The number of carbonyl (C=O) groups excluding carboxylic acids is 2. The van der Waals surface area contributed by atoms with Crippen LogP contribution in [0, 0.1) is 0 Å². The maximum absolute atomic E-state index is 12.9. The van der Waals surface area contributed by atoms with E-state index < -0.39 is 24.3 Å². The van der Waals surface area contributed by atoms with Crippen LogP contribution in [0.5, 0.6) is 0 Å². The SMILES string of the molecule is CC/C=C\C/C=C\C/C=C\C/C=C\C/C=C\C/C=C\C/C=C\C/C=C\CCCCCCCCCCCCC(=O)OC(COC(=O)CCCCCCCCCCCCCCCCCCCCCCCCCC)COC(OCC[N+](C)(C)C)C(=O)O. The Morgan fingerprint density at radius 2 is 0.679 bits per heavy atom. The molecule has 0 fully saturated rings. The third kappa shape index (κ3) is 65.7. The highest BCUT2D eigenvalue weighted by Crippen LogP contribution is 2.18. The molecule has 1 N–H and O–H groups in total. The maximum Gasteiger partial charge on any atom is 0.361 e. The van der Waals surface area contributed by atoms with E-state index in [4.69, 9.17) is 18.9 Å². The molecule has 0 saturated carbocycles. The molecular weight excluding hydrogens is 1040 g/mol. The number of rotatable bonds is 64. The Morgan fingerprint density at radius 3 is 1.01 bits per heavy atom. The summed E-state index contributed by atoms with van der Waals surface area (Å²) in [4.78, 5) is 37.6. The van der Waals surface area contributed by atoms with Crippen LogP contribution in [0.15, 0.2) is 97.2 Å². The third-order valence-corrected chi connectivity index (χ3v) is 15.1. The summed E-state index contributed by atoms with van der Waals surface area (Å²) < 4.78 is 23.0. The summed E-state index contributed by atoms with van der Waals surface area (Å²) >= 11 is 0. The molecule has 0 aliphatic carbocycles. The lowest BCUT2D eigenvalue weighted by atomic mass is 10.0. The van der Waals surface area contributed by atoms with Crippen LogP contribution in [0.1, 0.15) is 303 Å². The van der Waals surface area contributed by atoms with Gasteiger partial charge < -0.3 is 28.5 Å². The Bertz CT molecular complexity index is 1700. The second-order valence-electron chi connectivity index (χ2n) is 24.5. The molecule has 2 unspecified atom stereocenters. The van der Waals surface area contributed by atoms with Crippen LogP contribution in [-0.2, 0) is 33.3 Å². The van der Waals surface area contributed by atoms with Crippen LogP contribution in [0.2, 0.25) is 0 Å². The fourth-order valence-corrected chi connectivity index (χ4v) is 9.80. The summed E-state index contributed by atoms with van der Waals surface area (Å²) in [6.45, 7) is 4.79. The Hall–Kier alpha value is -3.79. The van der Waals surface area contributed by atoms with E-state index in [9.17, 15) is 19.5 Å². The minimum atomic E-state index is -1.52. The van der Waals surface area contributed by atoms with Crippen LogP contribution < -0.4 is 0 Å². The predicted octanol–water partition coefficient (Wildman–Crippen LogP) is 21.6. The summed E-state index contributed by atoms with van der Waals surface area (Å²) in [5.41, 5.74) is 0. The number of carboxylic acids is 1. The number of nitrogens with zero attached hydrogens (tertiary/aromatic N) is 1. The van der Waals surface area contributed by atoms with Crippen molar-refractivity contribution in [3.8, 4) is 0 Å². The largest absolute Gasteiger partial charge is 0.477 e. The summed E-state index contributed by atoms with van der Waals surface area (Å²) in [6, 6.07) is 0. The fraction of sp³-hybridized carbons (Fsp3) is 0.747. The first-order valence-electron chi connectivity index (χ1n) is 34.9. The van der Waals surface area contributed by atoms with Crippen molar-refractivity contribution in [3.05, 3.63) is 97.2 Å². The Balaban J connectivity index is 4.14.